The van der Waals surface area contributed by atoms with Crippen LogP contribution in [0.5, 0.6) is 0 Å². The topological polar surface area (TPSA) is 220 Å². The molecule has 0 unspecified atom stereocenters. The minimum Gasteiger partial charge on any atom is -0.456 e. The molecule has 16 heteroatoms. The van der Waals surface area contributed by atoms with Crippen LogP contribution in [0.1, 0.15) is 93.6 Å². The van der Waals surface area contributed by atoms with E-state index in [4.69, 9.17) is 33.2 Å². The number of ether oxygens (including phenoxy) is 7. The maximum atomic E-state index is 16.0. The summed E-state index contributed by atoms with van der Waals surface area (Å²) in [6.45, 7) is 10.6. The second-order valence-corrected chi connectivity index (χ2v) is 18.5. The highest BCUT2D eigenvalue weighted by Gasteiger charge is 2.79. The van der Waals surface area contributed by atoms with Gasteiger partial charge in [0.15, 0.2) is 23.6 Å². The standard InChI is InChI=1S/C50H57NO15/c1-27(2)62-34-24-35-49(26-61-35,66-46(58)60-8)40-42(65-44(56)32-22-16-11-17-23-32)50(59)25-33(28(3)36(47(50,5)6)39(63-29(4)52)41(54)48(34,40)7)64-45(57)38(53)37(30-18-12-9-13-19-30)51-43(55)31-20-14-10-15-21-31/h9-23,27,33-35,37-40,42,53,59H,24-26H2,1-8H3,(H,51,55)/t33-,34-,35+,37-,38+,39+,40-,42-,48+,49-,50+/m0/s1. The molecule has 3 aliphatic carbocycles. The van der Waals surface area contributed by atoms with Gasteiger partial charge in [-0.2, -0.15) is 0 Å². The Morgan fingerprint density at radius 1 is 0.848 bits per heavy atom. The summed E-state index contributed by atoms with van der Waals surface area (Å²) >= 11 is 0. The van der Waals surface area contributed by atoms with E-state index in [0.717, 1.165) is 14.0 Å². The first-order chi connectivity index (χ1) is 31.2. The first-order valence-corrected chi connectivity index (χ1v) is 22.0. The number of nitrogens with one attached hydrogen (secondary N) is 1. The first-order valence-electron chi connectivity index (χ1n) is 22.0. The minimum atomic E-state index is -2.39. The molecule has 11 atom stereocenters. The molecule has 1 heterocycles. The Kier molecular flexibility index (Phi) is 13.4. The van der Waals surface area contributed by atoms with E-state index in [9.17, 15) is 34.2 Å². The normalized spacial score (nSPS) is 30.7. The Labute approximate surface area is 382 Å². The Morgan fingerprint density at radius 3 is 1.98 bits per heavy atom. The lowest BCUT2D eigenvalue weighted by atomic mass is 9.44. The monoisotopic (exact) mass is 911 g/mol. The molecular weight excluding hydrogens is 855 g/mol. The van der Waals surface area contributed by atoms with Gasteiger partial charge in [0, 0.05) is 30.7 Å². The number of carbonyl (C=O) groups excluding carboxylic acids is 6. The maximum absolute atomic E-state index is 16.0. The zero-order valence-electron chi connectivity index (χ0n) is 38.2. The minimum absolute atomic E-state index is 0.0125. The highest BCUT2D eigenvalue weighted by atomic mass is 16.8. The summed E-state index contributed by atoms with van der Waals surface area (Å²) in [6, 6.07) is 23.1. The predicted octanol–water partition coefficient (Wildman–Crippen LogP) is 5.39. The van der Waals surface area contributed by atoms with E-state index in [-0.39, 0.29) is 35.3 Å². The van der Waals surface area contributed by atoms with E-state index < -0.39 is 119 Å². The van der Waals surface area contributed by atoms with Gasteiger partial charge in [-0.05, 0) is 68.7 Å². The van der Waals surface area contributed by atoms with Gasteiger partial charge in [-0.25, -0.2) is 14.4 Å². The van der Waals surface area contributed by atoms with Crippen LogP contribution in [-0.4, -0.2) is 114 Å². The molecule has 0 aromatic heterocycles. The van der Waals surface area contributed by atoms with Crippen LogP contribution < -0.4 is 5.32 Å². The quantitative estimate of drug-likeness (QED) is 0.118. The molecule has 3 aromatic carbocycles. The summed E-state index contributed by atoms with van der Waals surface area (Å²) in [5.41, 5.74) is -6.82. The van der Waals surface area contributed by atoms with Crippen molar-refractivity contribution in [2.45, 2.75) is 121 Å². The molecule has 7 rings (SSSR count). The molecule has 66 heavy (non-hydrogen) atoms. The number of esters is 3. The van der Waals surface area contributed by atoms with Crippen LogP contribution in [0.3, 0.4) is 0 Å². The van der Waals surface area contributed by atoms with Crippen molar-refractivity contribution in [2.75, 3.05) is 13.7 Å². The van der Waals surface area contributed by atoms with E-state index in [1.807, 2.05) is 0 Å². The molecule has 352 valence electrons. The number of carbonyl (C=O) groups is 6. The highest BCUT2D eigenvalue weighted by Crippen LogP contribution is 2.65. The molecule has 1 saturated heterocycles. The third kappa shape index (κ3) is 8.28. The van der Waals surface area contributed by atoms with Crippen LogP contribution in [0, 0.1) is 16.7 Å². The number of benzene rings is 3. The van der Waals surface area contributed by atoms with Crippen LogP contribution in [0.15, 0.2) is 102 Å². The Balaban J connectivity index is 1.42. The summed E-state index contributed by atoms with van der Waals surface area (Å²) in [5, 5.41) is 28.5. The molecule has 0 spiro atoms. The fraction of sp³-hybridized carbons (Fsp3) is 0.480. The number of hydrogen-bond donors (Lipinski definition) is 3. The van der Waals surface area contributed by atoms with E-state index in [1.54, 1.807) is 120 Å². The fourth-order valence-electron chi connectivity index (χ4n) is 10.6. The zero-order chi connectivity index (χ0) is 47.9. The summed E-state index contributed by atoms with van der Waals surface area (Å²) in [7, 11) is 1.10. The van der Waals surface area contributed by atoms with E-state index in [1.165, 1.54) is 12.1 Å². The number of aliphatic hydroxyl groups is 2. The van der Waals surface area contributed by atoms with Gasteiger partial charge in [0.2, 0.25) is 0 Å². The lowest BCUT2D eigenvalue weighted by Crippen LogP contribution is -2.82. The zero-order valence-corrected chi connectivity index (χ0v) is 38.2. The summed E-state index contributed by atoms with van der Waals surface area (Å²) < 4.78 is 42.5. The average molecular weight is 912 g/mol. The largest absolute Gasteiger partial charge is 0.508 e. The number of aliphatic hydroxyl groups excluding tert-OH is 1. The smallest absolute Gasteiger partial charge is 0.456 e. The van der Waals surface area contributed by atoms with E-state index in [0.29, 0.717) is 5.56 Å². The number of ketones is 1. The Bertz CT molecular complexity index is 2370. The van der Waals surface area contributed by atoms with Gasteiger partial charge in [-0.15, -0.1) is 0 Å². The summed E-state index contributed by atoms with van der Waals surface area (Å²) in [4.78, 5) is 85.0. The summed E-state index contributed by atoms with van der Waals surface area (Å²) in [5.74, 6) is -5.84. The molecular formula is C50H57NO15. The van der Waals surface area contributed by atoms with Crippen molar-refractivity contribution in [3.8, 4) is 0 Å². The van der Waals surface area contributed by atoms with E-state index >= 15 is 4.79 Å². The predicted molar refractivity (Wildman–Crippen MR) is 233 cm³/mol. The number of hydrogen-bond acceptors (Lipinski definition) is 15. The van der Waals surface area contributed by atoms with Crippen molar-refractivity contribution >= 4 is 35.8 Å². The lowest BCUT2D eigenvalue weighted by molar-refractivity contribution is -0.348. The third-order valence-electron chi connectivity index (χ3n) is 14.0. The van der Waals surface area contributed by atoms with Crippen molar-refractivity contribution < 1.29 is 72.1 Å². The Morgan fingerprint density at radius 2 is 1.44 bits per heavy atom. The van der Waals surface area contributed by atoms with Gasteiger partial charge < -0.3 is 48.7 Å². The molecule has 3 aromatic rings. The Hall–Kier alpha value is -5.94. The molecule has 0 radical (unpaired) electrons. The SMILES string of the molecule is COC(=O)O[C@@]12CO[C@@H]1C[C@H](OC(C)C)[C@@]1(C)C(=O)[C@H](OC(C)=O)C3=C(C)[C@@H](OC(=O)[C@H](O)[C@@H](NC(=O)c4ccccc4)c4ccccc4)C[C@@](O)([C@@H](OC(=O)c4ccccc4)[C@H]21)C3(C)C. The molecule has 2 bridgehead atoms. The van der Waals surface area contributed by atoms with Crippen molar-refractivity contribution in [3.05, 3.63) is 119 Å². The number of Topliss-reactive ketones (excluding diaryl/α,β-unsaturated/α-hetero) is 1. The molecule has 1 amide bonds. The number of amides is 1. The fourth-order valence-corrected chi connectivity index (χ4v) is 10.6. The van der Waals surface area contributed by atoms with Crippen LogP contribution >= 0.6 is 0 Å². The van der Waals surface area contributed by atoms with Crippen LogP contribution in [0.25, 0.3) is 0 Å². The molecule has 3 N–H and O–H groups in total. The van der Waals surface area contributed by atoms with Crippen molar-refractivity contribution in [1.29, 1.82) is 0 Å². The molecule has 16 nitrogen and oxygen atoms in total. The van der Waals surface area contributed by atoms with Gasteiger partial charge in [0.05, 0.1) is 48.9 Å². The van der Waals surface area contributed by atoms with Gasteiger partial charge >= 0.3 is 24.1 Å². The molecule has 4 aliphatic rings. The molecule has 2 saturated carbocycles. The van der Waals surface area contributed by atoms with Gasteiger partial charge in [-0.3, -0.25) is 14.4 Å². The molecule has 1 aliphatic heterocycles. The van der Waals surface area contributed by atoms with Crippen molar-refractivity contribution in [1.82, 2.24) is 5.32 Å². The van der Waals surface area contributed by atoms with Crippen molar-refractivity contribution in [2.24, 2.45) is 16.7 Å². The number of methoxy groups -OCH3 is 1. The highest BCUT2D eigenvalue weighted by molar-refractivity contribution is 5.96. The maximum Gasteiger partial charge on any atom is 0.508 e. The third-order valence-corrected chi connectivity index (χ3v) is 14.0. The van der Waals surface area contributed by atoms with Gasteiger partial charge in [0.1, 0.15) is 23.9 Å². The summed E-state index contributed by atoms with van der Waals surface area (Å²) in [6.07, 6.45) is -11.3. The second-order valence-electron chi connectivity index (χ2n) is 18.5. The second kappa shape index (κ2) is 18.4. The lowest BCUT2D eigenvalue weighted by Gasteiger charge is -2.67. The van der Waals surface area contributed by atoms with Crippen molar-refractivity contribution in [3.63, 3.8) is 0 Å². The van der Waals surface area contributed by atoms with Gasteiger partial charge in [0.25, 0.3) is 5.91 Å². The van der Waals surface area contributed by atoms with Gasteiger partial charge in [-0.1, -0.05) is 80.6 Å². The average Bonchev–Trinajstić information content (AvgIpc) is 3.28. The number of fused-ring (bicyclic) bond motifs is 5. The van der Waals surface area contributed by atoms with E-state index in [2.05, 4.69) is 5.32 Å². The van der Waals surface area contributed by atoms with Crippen LogP contribution in [0.2, 0.25) is 0 Å². The first kappa shape index (κ1) is 48.0. The van der Waals surface area contributed by atoms with Crippen LogP contribution in [-0.2, 0) is 47.5 Å². The number of rotatable bonds is 12. The molecule has 3 fully saturated rings. The van der Waals surface area contributed by atoms with Crippen LogP contribution in [0.4, 0.5) is 4.79 Å².